The van der Waals surface area contributed by atoms with Crippen molar-refractivity contribution in [3.8, 4) is 11.4 Å². The van der Waals surface area contributed by atoms with Crippen LogP contribution in [0.5, 0.6) is 0 Å². The van der Waals surface area contributed by atoms with Gasteiger partial charge < -0.3 is 9.84 Å². The number of aromatic nitrogens is 2. The molecule has 5 heteroatoms. The lowest BCUT2D eigenvalue weighted by atomic mass is 10.1. The fraction of sp³-hybridized carbons (Fsp3) is 0.500. The molecule has 1 N–H and O–H groups in total. The SMILES string of the molecule is CCc1ccc(-c2noc(C(C)N3CCNCC3)n2)cc1. The zero-order valence-corrected chi connectivity index (χ0v) is 12.7. The zero-order valence-electron chi connectivity index (χ0n) is 12.7. The van der Waals surface area contributed by atoms with Crippen LogP contribution in [0.25, 0.3) is 11.4 Å². The summed E-state index contributed by atoms with van der Waals surface area (Å²) >= 11 is 0. The molecule has 0 aliphatic carbocycles. The van der Waals surface area contributed by atoms with Gasteiger partial charge in [0.1, 0.15) is 0 Å². The molecule has 1 aliphatic rings. The summed E-state index contributed by atoms with van der Waals surface area (Å²) in [5.74, 6) is 1.38. The van der Waals surface area contributed by atoms with Crippen LogP contribution in [-0.4, -0.2) is 41.2 Å². The lowest BCUT2D eigenvalue weighted by Crippen LogP contribution is -2.44. The van der Waals surface area contributed by atoms with E-state index in [-0.39, 0.29) is 6.04 Å². The van der Waals surface area contributed by atoms with Crippen molar-refractivity contribution in [3.05, 3.63) is 35.7 Å². The van der Waals surface area contributed by atoms with E-state index in [1.807, 2.05) is 0 Å². The van der Waals surface area contributed by atoms with Gasteiger partial charge in [-0.25, -0.2) is 0 Å². The molecule has 1 aromatic carbocycles. The number of nitrogens with one attached hydrogen (secondary N) is 1. The molecule has 2 heterocycles. The van der Waals surface area contributed by atoms with Crippen molar-refractivity contribution in [2.24, 2.45) is 0 Å². The van der Waals surface area contributed by atoms with Crippen LogP contribution >= 0.6 is 0 Å². The highest BCUT2D eigenvalue weighted by molar-refractivity contribution is 5.54. The fourth-order valence-corrected chi connectivity index (χ4v) is 2.64. The first-order valence-corrected chi connectivity index (χ1v) is 7.65. The van der Waals surface area contributed by atoms with E-state index in [1.54, 1.807) is 0 Å². The summed E-state index contributed by atoms with van der Waals surface area (Å²) in [6.07, 6.45) is 1.04. The molecule has 1 aliphatic heterocycles. The highest BCUT2D eigenvalue weighted by atomic mass is 16.5. The van der Waals surface area contributed by atoms with E-state index in [9.17, 15) is 0 Å². The van der Waals surface area contributed by atoms with Gasteiger partial charge in [0, 0.05) is 31.7 Å². The Morgan fingerprint density at radius 1 is 1.24 bits per heavy atom. The molecule has 0 saturated carbocycles. The molecule has 0 spiro atoms. The number of rotatable bonds is 4. The lowest BCUT2D eigenvalue weighted by molar-refractivity contribution is 0.154. The molecule has 112 valence electrons. The van der Waals surface area contributed by atoms with Crippen LogP contribution in [0.2, 0.25) is 0 Å². The van der Waals surface area contributed by atoms with Crippen LogP contribution in [0, 0.1) is 0 Å². The molecule has 2 aromatic rings. The van der Waals surface area contributed by atoms with Crippen LogP contribution in [0.4, 0.5) is 0 Å². The lowest BCUT2D eigenvalue weighted by Gasteiger charge is -2.30. The summed E-state index contributed by atoms with van der Waals surface area (Å²) < 4.78 is 5.47. The van der Waals surface area contributed by atoms with Crippen LogP contribution < -0.4 is 5.32 Å². The normalized spacial score (nSPS) is 17.8. The summed E-state index contributed by atoms with van der Waals surface area (Å²) in [5, 5.41) is 7.48. The van der Waals surface area contributed by atoms with Gasteiger partial charge in [0.25, 0.3) is 0 Å². The summed E-state index contributed by atoms with van der Waals surface area (Å²) in [6, 6.07) is 8.52. The molecule has 5 nitrogen and oxygen atoms in total. The van der Waals surface area contributed by atoms with Crippen molar-refractivity contribution >= 4 is 0 Å². The largest absolute Gasteiger partial charge is 0.337 e. The van der Waals surface area contributed by atoms with E-state index in [4.69, 9.17) is 4.52 Å². The predicted octanol–water partition coefficient (Wildman–Crippen LogP) is 2.27. The minimum atomic E-state index is 0.170. The summed E-state index contributed by atoms with van der Waals surface area (Å²) in [5.41, 5.74) is 2.33. The third-order valence-corrected chi connectivity index (χ3v) is 4.12. The van der Waals surface area contributed by atoms with E-state index < -0.39 is 0 Å². The maximum atomic E-state index is 5.47. The van der Waals surface area contributed by atoms with Crippen molar-refractivity contribution in [3.63, 3.8) is 0 Å². The molecule has 1 unspecified atom stereocenters. The fourth-order valence-electron chi connectivity index (χ4n) is 2.64. The summed E-state index contributed by atoms with van der Waals surface area (Å²) in [7, 11) is 0. The van der Waals surface area contributed by atoms with Crippen molar-refractivity contribution < 1.29 is 4.52 Å². The molecular weight excluding hydrogens is 264 g/mol. The molecule has 1 atom stereocenters. The number of piperazine rings is 1. The molecule has 3 rings (SSSR count). The minimum Gasteiger partial charge on any atom is -0.337 e. The number of nitrogens with zero attached hydrogens (tertiary/aromatic N) is 3. The standard InChI is InChI=1S/C16H22N4O/c1-3-13-4-6-14(7-5-13)15-18-16(21-19-15)12(2)20-10-8-17-9-11-20/h4-7,12,17H,3,8-11H2,1-2H3. The topological polar surface area (TPSA) is 54.2 Å². The molecule has 0 radical (unpaired) electrons. The number of benzene rings is 1. The first-order chi connectivity index (χ1) is 10.3. The second-order valence-electron chi connectivity index (χ2n) is 5.47. The Balaban J connectivity index is 1.75. The summed E-state index contributed by atoms with van der Waals surface area (Å²) in [4.78, 5) is 6.94. The van der Waals surface area contributed by atoms with E-state index in [1.165, 1.54) is 5.56 Å². The predicted molar refractivity (Wildman–Crippen MR) is 82.0 cm³/mol. The Morgan fingerprint density at radius 2 is 1.95 bits per heavy atom. The van der Waals surface area contributed by atoms with Gasteiger partial charge in [0.2, 0.25) is 11.7 Å². The van der Waals surface area contributed by atoms with Gasteiger partial charge in [-0.3, -0.25) is 4.90 Å². The van der Waals surface area contributed by atoms with E-state index >= 15 is 0 Å². The van der Waals surface area contributed by atoms with Crippen molar-refractivity contribution in [2.75, 3.05) is 26.2 Å². The van der Waals surface area contributed by atoms with Crippen molar-refractivity contribution in [1.82, 2.24) is 20.4 Å². The smallest absolute Gasteiger partial charge is 0.244 e. The number of hydrogen-bond donors (Lipinski definition) is 1. The zero-order chi connectivity index (χ0) is 14.7. The van der Waals surface area contributed by atoms with Gasteiger partial charge in [-0.15, -0.1) is 0 Å². The Labute approximate surface area is 125 Å². The maximum Gasteiger partial charge on any atom is 0.244 e. The Kier molecular flexibility index (Phi) is 4.31. The van der Waals surface area contributed by atoms with Crippen molar-refractivity contribution in [2.45, 2.75) is 26.3 Å². The first kappa shape index (κ1) is 14.2. The molecule has 1 saturated heterocycles. The Bertz CT molecular complexity index is 572. The van der Waals surface area contributed by atoms with Crippen molar-refractivity contribution in [1.29, 1.82) is 0 Å². The Morgan fingerprint density at radius 3 is 2.62 bits per heavy atom. The van der Waals surface area contributed by atoms with Gasteiger partial charge >= 0.3 is 0 Å². The second-order valence-corrected chi connectivity index (χ2v) is 5.47. The van der Waals surface area contributed by atoms with Crippen LogP contribution in [0.3, 0.4) is 0 Å². The van der Waals surface area contributed by atoms with Crippen LogP contribution in [0.15, 0.2) is 28.8 Å². The highest BCUT2D eigenvalue weighted by Crippen LogP contribution is 2.23. The number of hydrogen-bond acceptors (Lipinski definition) is 5. The highest BCUT2D eigenvalue weighted by Gasteiger charge is 2.23. The average molecular weight is 286 g/mol. The van der Waals surface area contributed by atoms with E-state index in [0.717, 1.165) is 38.2 Å². The van der Waals surface area contributed by atoms with Crippen LogP contribution in [0.1, 0.15) is 31.3 Å². The van der Waals surface area contributed by atoms with Crippen LogP contribution in [-0.2, 0) is 6.42 Å². The molecular formula is C16H22N4O. The average Bonchev–Trinajstić information content (AvgIpc) is 3.05. The minimum absolute atomic E-state index is 0.170. The monoisotopic (exact) mass is 286 g/mol. The van der Waals surface area contributed by atoms with Gasteiger partial charge in [0.15, 0.2) is 0 Å². The molecule has 21 heavy (non-hydrogen) atoms. The summed E-state index contributed by atoms with van der Waals surface area (Å²) in [6.45, 7) is 8.35. The third-order valence-electron chi connectivity index (χ3n) is 4.12. The maximum absolute atomic E-state index is 5.47. The molecule has 1 fully saturated rings. The van der Waals surface area contributed by atoms with Gasteiger partial charge in [-0.2, -0.15) is 4.98 Å². The molecule has 1 aromatic heterocycles. The first-order valence-electron chi connectivity index (χ1n) is 7.65. The van der Waals surface area contributed by atoms with Gasteiger partial charge in [-0.05, 0) is 18.9 Å². The third kappa shape index (κ3) is 3.14. The quantitative estimate of drug-likeness (QED) is 0.934. The Hall–Kier alpha value is -1.72. The molecule has 0 amide bonds. The molecule has 0 bridgehead atoms. The second kappa shape index (κ2) is 6.37. The van der Waals surface area contributed by atoms with E-state index in [0.29, 0.717) is 11.7 Å². The van der Waals surface area contributed by atoms with E-state index in [2.05, 4.69) is 58.5 Å². The van der Waals surface area contributed by atoms with Gasteiger partial charge in [-0.1, -0.05) is 36.3 Å². The van der Waals surface area contributed by atoms with Gasteiger partial charge in [0.05, 0.1) is 6.04 Å². The number of aryl methyl sites for hydroxylation is 1.